The van der Waals surface area contributed by atoms with E-state index >= 15 is 0 Å². The monoisotopic (exact) mass is 352 g/mol. The highest BCUT2D eigenvalue weighted by Gasteiger charge is 2.16. The van der Waals surface area contributed by atoms with Crippen LogP contribution in [0.3, 0.4) is 0 Å². The third-order valence-corrected chi connectivity index (χ3v) is 4.64. The lowest BCUT2D eigenvalue weighted by Crippen LogP contribution is -2.41. The van der Waals surface area contributed by atoms with E-state index in [1.165, 1.54) is 12.8 Å². The number of hydrazine groups is 1. The van der Waals surface area contributed by atoms with Crippen molar-refractivity contribution in [3.63, 3.8) is 0 Å². The Balaban J connectivity index is 1.51. The minimum absolute atomic E-state index is 0.285. The summed E-state index contributed by atoms with van der Waals surface area (Å²) >= 11 is 0. The van der Waals surface area contributed by atoms with E-state index in [1.807, 2.05) is 12.1 Å². The molecule has 2 aromatic rings. The second kappa shape index (κ2) is 8.52. The van der Waals surface area contributed by atoms with Crippen LogP contribution in [0.5, 0.6) is 5.75 Å². The summed E-state index contributed by atoms with van der Waals surface area (Å²) in [5.41, 5.74) is 7.00. The standard InChI is InChI=1S/C21H24N2O3/c1-2-15-7-9-16(10-8-15)20(24)22-23-21(25)17-11-13-19(14-12-17)26-18-5-3-4-6-18/h7-14,18H,2-6H2,1H3,(H,22,24)(H,23,25). The van der Waals surface area contributed by atoms with Crippen molar-refractivity contribution in [3.8, 4) is 5.75 Å². The molecule has 0 aliphatic heterocycles. The minimum atomic E-state index is -0.365. The molecule has 0 spiro atoms. The molecule has 5 heteroatoms. The molecule has 1 saturated carbocycles. The summed E-state index contributed by atoms with van der Waals surface area (Å²) in [5.74, 6) is 0.0617. The van der Waals surface area contributed by atoms with E-state index in [-0.39, 0.29) is 17.9 Å². The molecule has 0 atom stereocenters. The van der Waals surface area contributed by atoms with Crippen molar-refractivity contribution in [1.82, 2.24) is 10.9 Å². The van der Waals surface area contributed by atoms with Gasteiger partial charge in [-0.05, 0) is 74.1 Å². The highest BCUT2D eigenvalue weighted by molar-refractivity contribution is 5.99. The molecule has 1 aliphatic carbocycles. The Kier molecular flexibility index (Phi) is 5.89. The number of nitrogens with one attached hydrogen (secondary N) is 2. The molecule has 0 saturated heterocycles. The lowest BCUT2D eigenvalue weighted by molar-refractivity contribution is 0.0846. The zero-order valence-corrected chi connectivity index (χ0v) is 15.0. The first kappa shape index (κ1) is 18.0. The number of rotatable bonds is 5. The fraction of sp³-hybridized carbons (Fsp3) is 0.333. The first-order chi connectivity index (χ1) is 12.7. The van der Waals surface area contributed by atoms with Gasteiger partial charge >= 0.3 is 0 Å². The normalized spacial score (nSPS) is 14.0. The summed E-state index contributed by atoms with van der Waals surface area (Å²) in [6, 6.07) is 14.3. The van der Waals surface area contributed by atoms with Crippen molar-refractivity contribution in [2.24, 2.45) is 0 Å². The number of ether oxygens (including phenoxy) is 1. The van der Waals surface area contributed by atoms with Crippen LogP contribution >= 0.6 is 0 Å². The summed E-state index contributed by atoms with van der Waals surface area (Å²) in [6.07, 6.45) is 5.81. The molecule has 0 bridgehead atoms. The summed E-state index contributed by atoms with van der Waals surface area (Å²) in [4.78, 5) is 24.3. The van der Waals surface area contributed by atoms with Crippen LogP contribution < -0.4 is 15.6 Å². The van der Waals surface area contributed by atoms with Crippen LogP contribution in [0.4, 0.5) is 0 Å². The van der Waals surface area contributed by atoms with Crippen LogP contribution in [-0.2, 0) is 6.42 Å². The number of aryl methyl sites for hydroxylation is 1. The topological polar surface area (TPSA) is 67.4 Å². The van der Waals surface area contributed by atoms with Gasteiger partial charge in [0.1, 0.15) is 5.75 Å². The Morgan fingerprint density at radius 2 is 1.38 bits per heavy atom. The van der Waals surface area contributed by atoms with Crippen molar-refractivity contribution in [1.29, 1.82) is 0 Å². The van der Waals surface area contributed by atoms with Crippen molar-refractivity contribution in [3.05, 3.63) is 65.2 Å². The zero-order chi connectivity index (χ0) is 18.4. The van der Waals surface area contributed by atoms with Crippen molar-refractivity contribution < 1.29 is 14.3 Å². The molecule has 26 heavy (non-hydrogen) atoms. The maximum Gasteiger partial charge on any atom is 0.269 e. The number of amides is 2. The van der Waals surface area contributed by atoms with Gasteiger partial charge in [-0.2, -0.15) is 0 Å². The summed E-state index contributed by atoms with van der Waals surface area (Å²) in [7, 11) is 0. The number of hydrogen-bond donors (Lipinski definition) is 2. The van der Waals surface area contributed by atoms with Crippen LogP contribution in [0.2, 0.25) is 0 Å². The lowest BCUT2D eigenvalue weighted by Gasteiger charge is -2.13. The van der Waals surface area contributed by atoms with Gasteiger partial charge in [0.15, 0.2) is 0 Å². The highest BCUT2D eigenvalue weighted by atomic mass is 16.5. The minimum Gasteiger partial charge on any atom is -0.490 e. The Labute approximate surface area is 153 Å². The van der Waals surface area contributed by atoms with Crippen LogP contribution in [-0.4, -0.2) is 17.9 Å². The second-order valence-electron chi connectivity index (χ2n) is 6.51. The zero-order valence-electron chi connectivity index (χ0n) is 15.0. The molecule has 2 N–H and O–H groups in total. The van der Waals surface area contributed by atoms with Gasteiger partial charge in [0.05, 0.1) is 6.10 Å². The van der Waals surface area contributed by atoms with Gasteiger partial charge in [-0.1, -0.05) is 19.1 Å². The van der Waals surface area contributed by atoms with Gasteiger partial charge in [-0.15, -0.1) is 0 Å². The van der Waals surface area contributed by atoms with Gasteiger partial charge < -0.3 is 4.74 Å². The van der Waals surface area contributed by atoms with Gasteiger partial charge in [0, 0.05) is 11.1 Å². The van der Waals surface area contributed by atoms with Crippen LogP contribution in [0.15, 0.2) is 48.5 Å². The third kappa shape index (κ3) is 4.63. The number of carbonyl (C=O) groups is 2. The summed E-state index contributed by atoms with van der Waals surface area (Å²) in [6.45, 7) is 2.05. The maximum absolute atomic E-state index is 12.2. The van der Waals surface area contributed by atoms with Crippen LogP contribution in [0.25, 0.3) is 0 Å². The van der Waals surface area contributed by atoms with Gasteiger partial charge in [-0.3, -0.25) is 20.4 Å². The summed E-state index contributed by atoms with van der Waals surface area (Å²) < 4.78 is 5.88. The average molecular weight is 352 g/mol. The number of benzene rings is 2. The molecule has 1 aliphatic rings. The van der Waals surface area contributed by atoms with Crippen LogP contribution in [0, 0.1) is 0 Å². The molecule has 0 aromatic heterocycles. The third-order valence-electron chi connectivity index (χ3n) is 4.64. The Bertz CT molecular complexity index is 748. The number of carbonyl (C=O) groups excluding carboxylic acids is 2. The van der Waals surface area contributed by atoms with Gasteiger partial charge in [-0.25, -0.2) is 0 Å². The average Bonchev–Trinajstić information content (AvgIpc) is 3.19. The molecule has 5 nitrogen and oxygen atoms in total. The Morgan fingerprint density at radius 1 is 0.885 bits per heavy atom. The smallest absolute Gasteiger partial charge is 0.269 e. The molecule has 136 valence electrons. The van der Waals surface area contributed by atoms with E-state index < -0.39 is 0 Å². The Morgan fingerprint density at radius 3 is 1.88 bits per heavy atom. The van der Waals surface area contributed by atoms with E-state index in [4.69, 9.17) is 4.74 Å². The molecular formula is C21H24N2O3. The molecule has 0 unspecified atom stereocenters. The maximum atomic E-state index is 12.2. The predicted molar refractivity (Wildman–Crippen MR) is 100 cm³/mol. The molecule has 3 rings (SSSR count). The van der Waals surface area contributed by atoms with E-state index in [9.17, 15) is 9.59 Å². The first-order valence-electron chi connectivity index (χ1n) is 9.12. The van der Waals surface area contributed by atoms with E-state index in [2.05, 4.69) is 17.8 Å². The predicted octanol–water partition coefficient (Wildman–Crippen LogP) is 3.65. The van der Waals surface area contributed by atoms with Crippen molar-refractivity contribution in [2.75, 3.05) is 0 Å². The van der Waals surface area contributed by atoms with E-state index in [0.717, 1.165) is 30.6 Å². The quantitative estimate of drug-likeness (QED) is 0.807. The molecular weight excluding hydrogens is 328 g/mol. The largest absolute Gasteiger partial charge is 0.490 e. The lowest BCUT2D eigenvalue weighted by atomic mass is 10.1. The van der Waals surface area contributed by atoms with Gasteiger partial charge in [0.2, 0.25) is 0 Å². The SMILES string of the molecule is CCc1ccc(C(=O)NNC(=O)c2ccc(OC3CCCC3)cc2)cc1. The first-order valence-corrected chi connectivity index (χ1v) is 9.12. The van der Waals surface area contributed by atoms with E-state index in [1.54, 1.807) is 36.4 Å². The molecule has 2 aromatic carbocycles. The summed E-state index contributed by atoms with van der Waals surface area (Å²) in [5, 5.41) is 0. The molecule has 1 fully saturated rings. The van der Waals surface area contributed by atoms with Gasteiger partial charge in [0.25, 0.3) is 11.8 Å². The molecule has 2 amide bonds. The molecule has 0 heterocycles. The van der Waals surface area contributed by atoms with Crippen molar-refractivity contribution in [2.45, 2.75) is 45.1 Å². The van der Waals surface area contributed by atoms with Crippen LogP contribution in [0.1, 0.15) is 58.9 Å². The second-order valence-corrected chi connectivity index (χ2v) is 6.51. The van der Waals surface area contributed by atoms with Crippen molar-refractivity contribution >= 4 is 11.8 Å². The van der Waals surface area contributed by atoms with E-state index in [0.29, 0.717) is 11.1 Å². The fourth-order valence-electron chi connectivity index (χ4n) is 3.03. The Hall–Kier alpha value is -2.82. The fourth-order valence-corrected chi connectivity index (χ4v) is 3.03. The molecule has 0 radical (unpaired) electrons. The highest BCUT2D eigenvalue weighted by Crippen LogP contribution is 2.24. The number of hydrogen-bond acceptors (Lipinski definition) is 3.